The number of nitrogens with zero attached hydrogens (tertiary/aromatic N) is 2. The molecule has 0 aliphatic heterocycles. The number of aromatic nitrogens is 2. The van der Waals surface area contributed by atoms with E-state index in [-0.39, 0.29) is 16.5 Å². The van der Waals surface area contributed by atoms with Crippen LogP contribution in [-0.2, 0) is 9.84 Å². The molecule has 3 aromatic rings. The molecule has 0 bridgehead atoms. The highest BCUT2D eigenvalue weighted by molar-refractivity contribution is 7.92. The Morgan fingerprint density at radius 3 is 2.54 bits per heavy atom. The first-order valence-electron chi connectivity index (χ1n) is 8.80. The van der Waals surface area contributed by atoms with Crippen LogP contribution < -0.4 is 5.32 Å². The lowest BCUT2D eigenvalue weighted by atomic mass is 10.2. The highest BCUT2D eigenvalue weighted by Crippen LogP contribution is 2.26. The van der Waals surface area contributed by atoms with Gasteiger partial charge in [-0.2, -0.15) is 0 Å². The van der Waals surface area contributed by atoms with Crippen molar-refractivity contribution >= 4 is 27.1 Å². The third kappa shape index (κ3) is 4.13. The summed E-state index contributed by atoms with van der Waals surface area (Å²) in [5.41, 5.74) is 1.83. The molecule has 146 valence electrons. The molecule has 6 nitrogen and oxygen atoms in total. The Morgan fingerprint density at radius 2 is 1.86 bits per heavy atom. The highest BCUT2D eigenvalue weighted by Gasteiger charge is 2.26. The van der Waals surface area contributed by atoms with Gasteiger partial charge in [0.1, 0.15) is 5.01 Å². The highest BCUT2D eigenvalue weighted by atomic mass is 32.2. The summed E-state index contributed by atoms with van der Waals surface area (Å²) < 4.78 is 25.2. The zero-order valence-electron chi connectivity index (χ0n) is 15.8. The van der Waals surface area contributed by atoms with Gasteiger partial charge in [0.25, 0.3) is 5.91 Å². The molecule has 0 saturated heterocycles. The number of thiazole rings is 1. The van der Waals surface area contributed by atoms with Crippen molar-refractivity contribution in [3.05, 3.63) is 64.7 Å². The Kier molecular flexibility index (Phi) is 5.90. The van der Waals surface area contributed by atoms with Gasteiger partial charge in [0.15, 0.2) is 9.84 Å². The fraction of sp³-hybridized carbons (Fsp3) is 0.250. The van der Waals surface area contributed by atoms with Crippen LogP contribution in [0, 0.1) is 0 Å². The number of hydrogen-bond acceptors (Lipinski definition) is 6. The number of benzene rings is 1. The van der Waals surface area contributed by atoms with Gasteiger partial charge in [-0.05, 0) is 45.0 Å². The van der Waals surface area contributed by atoms with E-state index < -0.39 is 21.0 Å². The Bertz CT molecular complexity index is 1080. The molecule has 0 radical (unpaired) electrons. The molecule has 1 amide bonds. The van der Waals surface area contributed by atoms with Crippen molar-refractivity contribution in [2.45, 2.75) is 37.0 Å². The van der Waals surface area contributed by atoms with Gasteiger partial charge in [-0.3, -0.25) is 9.78 Å². The molecule has 28 heavy (non-hydrogen) atoms. The van der Waals surface area contributed by atoms with Gasteiger partial charge in [-0.15, -0.1) is 11.3 Å². The van der Waals surface area contributed by atoms with Crippen molar-refractivity contribution < 1.29 is 13.2 Å². The first-order valence-corrected chi connectivity index (χ1v) is 11.2. The molecule has 0 aliphatic rings. The quantitative estimate of drug-likeness (QED) is 0.660. The maximum absolute atomic E-state index is 12.8. The molecule has 8 heteroatoms. The maximum Gasteiger partial charge on any atom is 0.253 e. The van der Waals surface area contributed by atoms with E-state index in [2.05, 4.69) is 15.3 Å². The molecule has 0 fully saturated rings. The molecule has 1 unspecified atom stereocenters. The first kappa shape index (κ1) is 20.2. The van der Waals surface area contributed by atoms with E-state index in [9.17, 15) is 13.2 Å². The number of carbonyl (C=O) groups excluding carboxylic acids is 1. The van der Waals surface area contributed by atoms with Crippen LogP contribution in [0.1, 0.15) is 42.2 Å². The van der Waals surface area contributed by atoms with Crippen LogP contribution in [0.25, 0.3) is 11.3 Å². The minimum Gasteiger partial charge on any atom is -0.343 e. The summed E-state index contributed by atoms with van der Waals surface area (Å²) in [7, 11) is -3.57. The van der Waals surface area contributed by atoms with E-state index in [4.69, 9.17) is 0 Å². The van der Waals surface area contributed by atoms with Gasteiger partial charge in [-0.1, -0.05) is 12.1 Å². The molecule has 2 heterocycles. The number of hydrogen-bond donors (Lipinski definition) is 1. The number of nitrogens with one attached hydrogen (secondary N) is 1. The number of carbonyl (C=O) groups is 1. The van der Waals surface area contributed by atoms with Crippen molar-refractivity contribution in [2.75, 3.05) is 0 Å². The van der Waals surface area contributed by atoms with Crippen LogP contribution in [0.3, 0.4) is 0 Å². The zero-order valence-corrected chi connectivity index (χ0v) is 17.4. The predicted molar refractivity (Wildman–Crippen MR) is 110 cm³/mol. The monoisotopic (exact) mass is 415 g/mol. The van der Waals surface area contributed by atoms with Crippen LogP contribution in [0.15, 0.2) is 59.1 Å². The fourth-order valence-electron chi connectivity index (χ4n) is 2.63. The fourth-order valence-corrected chi connectivity index (χ4v) is 4.70. The van der Waals surface area contributed by atoms with E-state index in [0.29, 0.717) is 0 Å². The Morgan fingerprint density at radius 1 is 1.11 bits per heavy atom. The second-order valence-corrected chi connectivity index (χ2v) is 9.96. The van der Waals surface area contributed by atoms with E-state index in [1.165, 1.54) is 23.5 Å². The number of rotatable bonds is 6. The minimum atomic E-state index is -3.57. The number of amides is 1. The molecule has 0 aliphatic carbocycles. The van der Waals surface area contributed by atoms with E-state index in [1.54, 1.807) is 38.4 Å². The average molecular weight is 416 g/mol. The third-order valence-corrected chi connectivity index (χ3v) is 7.49. The van der Waals surface area contributed by atoms with Crippen LogP contribution in [-0.4, -0.2) is 29.5 Å². The van der Waals surface area contributed by atoms with Gasteiger partial charge >= 0.3 is 0 Å². The molecule has 3 rings (SSSR count). The lowest BCUT2D eigenvalue weighted by Gasteiger charge is -2.15. The summed E-state index contributed by atoms with van der Waals surface area (Å²) in [4.78, 5) is 21.5. The largest absolute Gasteiger partial charge is 0.343 e. The van der Waals surface area contributed by atoms with Crippen molar-refractivity contribution in [1.82, 2.24) is 15.3 Å². The molecule has 1 atom stereocenters. The molecule has 1 N–H and O–H groups in total. The number of sulfone groups is 1. The molecular formula is C20H21N3O3S2. The smallest absolute Gasteiger partial charge is 0.253 e. The molecule has 0 saturated carbocycles. The normalized spacial score (nSPS) is 12.7. The topological polar surface area (TPSA) is 89.0 Å². The van der Waals surface area contributed by atoms with Gasteiger partial charge < -0.3 is 5.32 Å². The minimum absolute atomic E-state index is 0.0462. The summed E-state index contributed by atoms with van der Waals surface area (Å²) in [6.45, 7) is 5.02. The summed E-state index contributed by atoms with van der Waals surface area (Å²) >= 11 is 1.43. The summed E-state index contributed by atoms with van der Waals surface area (Å²) in [6, 6.07) is 9.67. The van der Waals surface area contributed by atoms with Crippen LogP contribution in [0.4, 0.5) is 0 Å². The van der Waals surface area contributed by atoms with Gasteiger partial charge in [0.05, 0.1) is 27.4 Å². The number of pyridine rings is 1. The average Bonchev–Trinajstić information content (AvgIpc) is 3.19. The van der Waals surface area contributed by atoms with Crippen molar-refractivity contribution in [2.24, 2.45) is 0 Å². The first-order chi connectivity index (χ1) is 13.3. The van der Waals surface area contributed by atoms with E-state index in [0.717, 1.165) is 16.3 Å². The van der Waals surface area contributed by atoms with Crippen molar-refractivity contribution in [1.29, 1.82) is 0 Å². The maximum atomic E-state index is 12.8. The summed E-state index contributed by atoms with van der Waals surface area (Å²) in [5.74, 6) is -0.439. The van der Waals surface area contributed by atoms with Gasteiger partial charge in [-0.25, -0.2) is 13.4 Å². The van der Waals surface area contributed by atoms with Crippen LogP contribution >= 0.6 is 11.3 Å². The van der Waals surface area contributed by atoms with Crippen LogP contribution in [0.2, 0.25) is 0 Å². The lowest BCUT2D eigenvalue weighted by Crippen LogP contribution is -2.29. The second-order valence-electron chi connectivity index (χ2n) is 6.60. The summed E-state index contributed by atoms with van der Waals surface area (Å²) in [5, 5.41) is 4.89. The second kappa shape index (κ2) is 8.20. The molecule has 1 aromatic carbocycles. The summed E-state index contributed by atoms with van der Waals surface area (Å²) in [6.07, 6.45) is 3.43. The van der Waals surface area contributed by atoms with Gasteiger partial charge in [0, 0.05) is 23.3 Å². The van der Waals surface area contributed by atoms with Crippen LogP contribution in [0.5, 0.6) is 0 Å². The van der Waals surface area contributed by atoms with Crippen molar-refractivity contribution in [3.63, 3.8) is 0 Å². The Balaban J connectivity index is 1.82. The van der Waals surface area contributed by atoms with E-state index in [1.807, 2.05) is 24.4 Å². The Hall–Kier alpha value is -2.58. The Labute approximate surface area is 168 Å². The molecule has 0 spiro atoms. The zero-order chi connectivity index (χ0) is 20.3. The molecule has 2 aromatic heterocycles. The standard InChI is InChI=1S/C20H21N3O3S2/c1-13(2)28(25,26)18-9-5-4-8-16(18)19(24)22-14(3)20-23-17(12-27-20)15-7-6-10-21-11-15/h4-14H,1-3H3,(H,22,24). The molecular weight excluding hydrogens is 394 g/mol. The lowest BCUT2D eigenvalue weighted by molar-refractivity contribution is 0.0936. The predicted octanol–water partition coefficient (Wildman–Crippen LogP) is 3.88. The van der Waals surface area contributed by atoms with Crippen molar-refractivity contribution in [3.8, 4) is 11.3 Å². The third-order valence-electron chi connectivity index (χ3n) is 4.26. The van der Waals surface area contributed by atoms with E-state index >= 15 is 0 Å². The van der Waals surface area contributed by atoms with Gasteiger partial charge in [0.2, 0.25) is 0 Å². The SMILES string of the molecule is CC(NC(=O)c1ccccc1S(=O)(=O)C(C)C)c1nc(-c2cccnc2)cs1.